The predicted octanol–water partition coefficient (Wildman–Crippen LogP) is -4.06. The minimum Gasteiger partial charge on any atom is -0.666 e. The van der Waals surface area contributed by atoms with Crippen LogP contribution in [-0.4, -0.2) is 124 Å². The van der Waals surface area contributed by atoms with Crippen molar-refractivity contribution in [3.05, 3.63) is 36.1 Å². The number of nitrogens with zero attached hydrogens (tertiary/aromatic N) is 3. The quantitative estimate of drug-likeness (QED) is 0.0458. The topological polar surface area (TPSA) is 481 Å². The number of hydrogen-bond acceptors (Lipinski definition) is 15. The molecule has 0 aromatic heterocycles. The molecular weight excluding hydrogens is 730 g/mol. The van der Waals surface area contributed by atoms with Crippen molar-refractivity contribution in [1.82, 2.24) is 10.6 Å². The van der Waals surface area contributed by atoms with E-state index in [1.807, 2.05) is 10.6 Å². The van der Waals surface area contributed by atoms with Crippen molar-refractivity contribution in [2.24, 2.45) is 5.73 Å². The summed E-state index contributed by atoms with van der Waals surface area (Å²) in [6, 6.07) is -5.76. The molecule has 0 fully saturated rings. The third kappa shape index (κ3) is 58.4. The SMILES string of the molecule is N[C@H](C=O)CC(=O)O.O=[N+]([O-])O.O=[N+]([O-])O.O=[N+]([O-])O.[Cr].[Cr].[NH-][C@@H](CC(=O)O)C(=O)N[C@@H](CC(=O)O)C(=O)N[C@H](C=O)CC(=O)O. The molecule has 12 N–H and O–H groups in total. The molecular formula is C16H26Cr2N7O21-. The van der Waals surface area contributed by atoms with Crippen LogP contribution < -0.4 is 16.4 Å². The summed E-state index contributed by atoms with van der Waals surface area (Å²) < 4.78 is 0. The number of carboxylic acids is 4. The van der Waals surface area contributed by atoms with Crippen molar-refractivity contribution in [3.8, 4) is 0 Å². The first kappa shape index (κ1) is 56.5. The van der Waals surface area contributed by atoms with Gasteiger partial charge in [0, 0.05) is 41.1 Å². The van der Waals surface area contributed by atoms with Crippen molar-refractivity contribution in [3.63, 3.8) is 0 Å². The normalized spacial score (nSPS) is 11.0. The fourth-order valence-electron chi connectivity index (χ4n) is 1.78. The summed E-state index contributed by atoms with van der Waals surface area (Å²) in [4.78, 5) is 110. The second kappa shape index (κ2) is 34.2. The van der Waals surface area contributed by atoms with Gasteiger partial charge in [-0.3, -0.25) is 28.8 Å². The molecule has 0 heterocycles. The molecule has 0 saturated carbocycles. The van der Waals surface area contributed by atoms with Crippen LogP contribution in [0.15, 0.2) is 0 Å². The largest absolute Gasteiger partial charge is 0.666 e. The van der Waals surface area contributed by atoms with Gasteiger partial charge in [-0.2, -0.15) is 0 Å². The van der Waals surface area contributed by atoms with E-state index in [0.29, 0.717) is 6.29 Å². The Bertz CT molecular complexity index is 976. The van der Waals surface area contributed by atoms with Crippen LogP contribution in [0.25, 0.3) is 5.73 Å². The number of carbonyl (C=O) groups is 8. The van der Waals surface area contributed by atoms with Gasteiger partial charge in [-0.05, 0) is 6.04 Å². The molecule has 0 aliphatic heterocycles. The number of amides is 2. The first-order valence-corrected chi connectivity index (χ1v) is 10.3. The van der Waals surface area contributed by atoms with Crippen molar-refractivity contribution in [2.75, 3.05) is 0 Å². The van der Waals surface area contributed by atoms with Crippen LogP contribution in [0.2, 0.25) is 0 Å². The summed E-state index contributed by atoms with van der Waals surface area (Å²) in [6.07, 6.45) is -2.26. The standard InChI is InChI=1S/C12H16N3O9.C4H7NO3.2Cr.3HNO3/c13-6(2-9(19)20)11(23)15-7(3-10(21)22)12(24)14-5(4-16)1-8(17)18;5-3(2-6)1-4(7)8;;;3*2-1(3)4/h4-7,13H,1-3H2,(H,14,24)(H,15,23)(H,17,18)(H,19,20)(H,21,22);2-3H,1,5H2,(H,7,8);;;3*(H,2,3,4)/q-1;;;;;;/t5-,6-,7-;3-;;;;;/m00...../s1. The van der Waals surface area contributed by atoms with Gasteiger partial charge in [-0.1, -0.05) is 0 Å². The minimum absolute atomic E-state index is 0. The maximum absolute atomic E-state index is 11.9. The van der Waals surface area contributed by atoms with Gasteiger partial charge in [0.05, 0.1) is 31.3 Å². The van der Waals surface area contributed by atoms with Crippen LogP contribution in [0, 0.1) is 30.3 Å². The van der Waals surface area contributed by atoms with Crippen LogP contribution >= 0.6 is 0 Å². The van der Waals surface area contributed by atoms with E-state index in [2.05, 4.69) is 0 Å². The van der Waals surface area contributed by atoms with E-state index < -0.39 is 94.4 Å². The average molecular weight is 756 g/mol. The van der Waals surface area contributed by atoms with E-state index in [9.17, 15) is 38.4 Å². The average Bonchev–Trinajstić information content (AvgIpc) is 2.80. The molecule has 0 aromatic carbocycles. The number of rotatable bonds is 14. The molecule has 0 radical (unpaired) electrons. The Labute approximate surface area is 274 Å². The van der Waals surface area contributed by atoms with E-state index in [4.69, 9.17) is 77.9 Å². The third-order valence-corrected chi connectivity index (χ3v) is 3.18. The summed E-state index contributed by atoms with van der Waals surface area (Å²) in [6.45, 7) is 0. The summed E-state index contributed by atoms with van der Waals surface area (Å²) in [5.41, 5.74) is 12.2. The van der Waals surface area contributed by atoms with Gasteiger partial charge in [0.25, 0.3) is 15.3 Å². The molecule has 0 aliphatic rings. The number of carboxylic acid groups (broad SMARTS) is 4. The number of nitrogens with two attached hydrogens (primary N) is 1. The third-order valence-electron chi connectivity index (χ3n) is 3.18. The first-order valence-electron chi connectivity index (χ1n) is 10.3. The second-order valence-corrected chi connectivity index (χ2v) is 6.77. The smallest absolute Gasteiger partial charge is 0.305 e. The van der Waals surface area contributed by atoms with Crippen LogP contribution in [0.5, 0.6) is 0 Å². The zero-order valence-corrected chi connectivity index (χ0v) is 24.9. The summed E-state index contributed by atoms with van der Waals surface area (Å²) >= 11 is 0. The van der Waals surface area contributed by atoms with Gasteiger partial charge < -0.3 is 67.7 Å². The molecule has 0 bridgehead atoms. The molecule has 30 heteroatoms. The Kier molecular flexibility index (Phi) is 42.1. The fraction of sp³-hybridized carbons (Fsp3) is 0.500. The van der Waals surface area contributed by atoms with E-state index in [1.165, 1.54) is 0 Å². The molecule has 2 amide bonds. The van der Waals surface area contributed by atoms with Crippen molar-refractivity contribution >= 4 is 48.3 Å². The van der Waals surface area contributed by atoms with Crippen LogP contribution in [-0.2, 0) is 73.1 Å². The number of carbonyl (C=O) groups excluding carboxylic acids is 4. The Morgan fingerprint density at radius 3 is 1.22 bits per heavy atom. The Morgan fingerprint density at radius 1 is 0.652 bits per heavy atom. The zero-order chi connectivity index (χ0) is 36.2. The van der Waals surface area contributed by atoms with E-state index in [-0.39, 0.29) is 47.4 Å². The molecule has 46 heavy (non-hydrogen) atoms. The fourth-order valence-corrected chi connectivity index (χ4v) is 1.78. The van der Waals surface area contributed by atoms with Gasteiger partial charge in [-0.15, -0.1) is 30.3 Å². The maximum Gasteiger partial charge on any atom is 0.305 e. The number of aliphatic carboxylic acids is 4. The maximum atomic E-state index is 11.9. The van der Waals surface area contributed by atoms with Crippen molar-refractivity contribution in [2.45, 2.75) is 49.9 Å². The molecule has 28 nitrogen and oxygen atoms in total. The molecule has 0 aliphatic carbocycles. The first-order chi connectivity index (χ1) is 19.9. The molecule has 0 rings (SSSR count). The van der Waals surface area contributed by atoms with Crippen LogP contribution in [0.3, 0.4) is 0 Å². The Hall–Kier alpha value is -5.26. The molecule has 0 spiro atoms. The summed E-state index contributed by atoms with van der Waals surface area (Å²) in [5, 5.41) is 78.5. The molecule has 264 valence electrons. The van der Waals surface area contributed by atoms with Gasteiger partial charge in [0.1, 0.15) is 18.6 Å². The van der Waals surface area contributed by atoms with Crippen LogP contribution in [0.1, 0.15) is 25.7 Å². The second-order valence-electron chi connectivity index (χ2n) is 6.77. The molecule has 0 aromatic rings. The van der Waals surface area contributed by atoms with E-state index in [1.54, 1.807) is 0 Å². The predicted molar refractivity (Wildman–Crippen MR) is 127 cm³/mol. The van der Waals surface area contributed by atoms with Gasteiger partial charge in [-0.25, -0.2) is 0 Å². The number of nitrogens with one attached hydrogen (secondary N) is 3. The van der Waals surface area contributed by atoms with Crippen molar-refractivity contribution < 1.29 is 124 Å². The Morgan fingerprint density at radius 2 is 0.978 bits per heavy atom. The van der Waals surface area contributed by atoms with Gasteiger partial charge in [0.15, 0.2) is 0 Å². The monoisotopic (exact) mass is 756 g/mol. The molecule has 0 unspecified atom stereocenters. The Balaban J connectivity index is -0.000000113. The molecule has 0 saturated heterocycles. The van der Waals surface area contributed by atoms with E-state index in [0.717, 1.165) is 0 Å². The van der Waals surface area contributed by atoms with Crippen LogP contribution in [0.4, 0.5) is 0 Å². The van der Waals surface area contributed by atoms with E-state index >= 15 is 0 Å². The zero-order valence-electron chi connectivity index (χ0n) is 22.4. The number of aldehydes is 2. The van der Waals surface area contributed by atoms with Crippen molar-refractivity contribution in [1.29, 1.82) is 0 Å². The summed E-state index contributed by atoms with van der Waals surface area (Å²) in [7, 11) is 0. The van der Waals surface area contributed by atoms with Gasteiger partial charge in [0.2, 0.25) is 11.8 Å². The summed E-state index contributed by atoms with van der Waals surface area (Å²) in [5.74, 6) is -7.71. The molecule has 4 atom stereocenters. The van der Waals surface area contributed by atoms with Gasteiger partial charge >= 0.3 is 23.9 Å². The number of hydrogen-bond donors (Lipinski definition) is 10. The minimum atomic E-state index is -1.77.